The fourth-order valence-corrected chi connectivity index (χ4v) is 2.95. The van der Waals surface area contributed by atoms with Crippen molar-refractivity contribution < 1.29 is 9.53 Å². The Morgan fingerprint density at radius 3 is 3.05 bits per heavy atom. The summed E-state index contributed by atoms with van der Waals surface area (Å²) in [6.45, 7) is 3.99. The van der Waals surface area contributed by atoms with E-state index in [0.29, 0.717) is 13.0 Å². The van der Waals surface area contributed by atoms with Crippen LogP contribution in [-0.4, -0.2) is 19.1 Å². The van der Waals surface area contributed by atoms with Gasteiger partial charge in [0.2, 0.25) is 0 Å². The summed E-state index contributed by atoms with van der Waals surface area (Å²) in [7, 11) is 0. The number of rotatable bonds is 7. The molecule has 0 spiro atoms. The molecule has 0 bridgehead atoms. The molecule has 0 atom stereocenters. The molecule has 1 heterocycles. The maximum absolute atomic E-state index is 11.2. The van der Waals surface area contributed by atoms with E-state index in [9.17, 15) is 4.79 Å². The van der Waals surface area contributed by atoms with Gasteiger partial charge in [0.1, 0.15) is 0 Å². The minimum atomic E-state index is -0.106. The van der Waals surface area contributed by atoms with Gasteiger partial charge in [-0.25, -0.2) is 0 Å². The third-order valence-electron chi connectivity index (χ3n) is 2.92. The molecule has 0 aliphatic carbocycles. The van der Waals surface area contributed by atoms with Crippen LogP contribution in [0.5, 0.6) is 0 Å². The van der Waals surface area contributed by atoms with Crippen molar-refractivity contribution in [1.29, 1.82) is 0 Å². The lowest BCUT2D eigenvalue weighted by Crippen LogP contribution is -2.16. The van der Waals surface area contributed by atoms with E-state index in [1.165, 1.54) is 15.6 Å². The molecule has 0 saturated heterocycles. The Labute approximate surface area is 117 Å². The third kappa shape index (κ3) is 4.04. The zero-order valence-electron chi connectivity index (χ0n) is 11.1. The van der Waals surface area contributed by atoms with Gasteiger partial charge in [-0.2, -0.15) is 0 Å². The van der Waals surface area contributed by atoms with Gasteiger partial charge in [0.05, 0.1) is 6.61 Å². The number of carbonyl (C=O) groups is 1. The molecule has 0 amide bonds. The Morgan fingerprint density at radius 1 is 1.37 bits per heavy atom. The van der Waals surface area contributed by atoms with Gasteiger partial charge in [-0.05, 0) is 42.3 Å². The van der Waals surface area contributed by atoms with E-state index in [1.807, 2.05) is 6.92 Å². The van der Waals surface area contributed by atoms with Crippen molar-refractivity contribution in [2.24, 2.45) is 0 Å². The van der Waals surface area contributed by atoms with Crippen LogP contribution in [0.1, 0.15) is 25.3 Å². The van der Waals surface area contributed by atoms with Gasteiger partial charge in [-0.15, -0.1) is 11.3 Å². The Hall–Kier alpha value is -1.39. The van der Waals surface area contributed by atoms with Crippen molar-refractivity contribution >= 4 is 27.4 Å². The Balaban J connectivity index is 1.73. The average Bonchev–Trinajstić information content (AvgIpc) is 2.82. The van der Waals surface area contributed by atoms with Crippen LogP contribution in [0, 0.1) is 0 Å². The van der Waals surface area contributed by atoms with E-state index in [1.54, 1.807) is 11.3 Å². The number of fused-ring (bicyclic) bond motifs is 1. The van der Waals surface area contributed by atoms with Crippen LogP contribution < -0.4 is 5.32 Å². The number of ether oxygens (including phenoxy) is 1. The van der Waals surface area contributed by atoms with Crippen LogP contribution in [0.2, 0.25) is 0 Å². The maximum Gasteiger partial charge on any atom is 0.305 e. The third-order valence-corrected chi connectivity index (χ3v) is 3.93. The van der Waals surface area contributed by atoms with Gasteiger partial charge >= 0.3 is 5.97 Å². The first kappa shape index (κ1) is 14.0. The van der Waals surface area contributed by atoms with Crippen LogP contribution in [0.25, 0.3) is 10.1 Å². The summed E-state index contributed by atoms with van der Waals surface area (Å²) in [6.07, 6.45) is 1.31. The lowest BCUT2D eigenvalue weighted by Gasteiger charge is -2.04. The molecule has 2 aromatic rings. The Morgan fingerprint density at radius 2 is 2.21 bits per heavy atom. The zero-order valence-corrected chi connectivity index (χ0v) is 12.0. The van der Waals surface area contributed by atoms with Crippen molar-refractivity contribution in [2.45, 2.75) is 26.3 Å². The first-order valence-corrected chi connectivity index (χ1v) is 7.50. The fraction of sp³-hybridized carbons (Fsp3) is 0.400. The SMILES string of the molecule is CCOC(=O)CCCNCc1csc2ccccc12. The van der Waals surface area contributed by atoms with Gasteiger partial charge in [-0.1, -0.05) is 18.2 Å². The van der Waals surface area contributed by atoms with Crippen LogP contribution >= 0.6 is 11.3 Å². The van der Waals surface area contributed by atoms with Gasteiger partial charge in [0.25, 0.3) is 0 Å². The molecule has 3 nitrogen and oxygen atoms in total. The molecule has 102 valence electrons. The molecular weight excluding hydrogens is 258 g/mol. The van der Waals surface area contributed by atoms with E-state index in [-0.39, 0.29) is 5.97 Å². The summed E-state index contributed by atoms with van der Waals surface area (Å²) in [5.74, 6) is -0.106. The second-order valence-electron chi connectivity index (χ2n) is 4.34. The highest BCUT2D eigenvalue weighted by Crippen LogP contribution is 2.25. The number of benzene rings is 1. The monoisotopic (exact) mass is 277 g/mol. The lowest BCUT2D eigenvalue weighted by molar-refractivity contribution is -0.143. The smallest absolute Gasteiger partial charge is 0.305 e. The number of hydrogen-bond acceptors (Lipinski definition) is 4. The summed E-state index contributed by atoms with van der Waals surface area (Å²) in [5.41, 5.74) is 1.33. The van der Waals surface area contributed by atoms with Crippen LogP contribution in [0.4, 0.5) is 0 Å². The second kappa shape index (κ2) is 7.26. The first-order chi connectivity index (χ1) is 9.31. The molecule has 2 rings (SSSR count). The zero-order chi connectivity index (χ0) is 13.5. The van der Waals surface area contributed by atoms with Gasteiger partial charge in [0.15, 0.2) is 0 Å². The molecule has 0 saturated carbocycles. The summed E-state index contributed by atoms with van der Waals surface area (Å²) in [5, 5.41) is 6.90. The average molecular weight is 277 g/mol. The minimum absolute atomic E-state index is 0.106. The molecule has 0 aliphatic rings. The van der Waals surface area contributed by atoms with E-state index in [4.69, 9.17) is 4.74 Å². The molecule has 4 heteroatoms. The molecule has 0 radical (unpaired) electrons. The van der Waals surface area contributed by atoms with E-state index >= 15 is 0 Å². The van der Waals surface area contributed by atoms with Crippen molar-refractivity contribution in [2.75, 3.05) is 13.2 Å². The summed E-state index contributed by atoms with van der Waals surface area (Å²) in [4.78, 5) is 11.2. The fourth-order valence-electron chi connectivity index (χ4n) is 1.98. The molecule has 1 aromatic heterocycles. The van der Waals surface area contributed by atoms with E-state index in [0.717, 1.165) is 19.5 Å². The predicted octanol–water partition coefficient (Wildman–Crippen LogP) is 3.33. The largest absolute Gasteiger partial charge is 0.466 e. The normalized spacial score (nSPS) is 10.8. The highest BCUT2D eigenvalue weighted by Gasteiger charge is 2.03. The topological polar surface area (TPSA) is 38.3 Å². The second-order valence-corrected chi connectivity index (χ2v) is 5.25. The first-order valence-electron chi connectivity index (χ1n) is 6.62. The van der Waals surface area contributed by atoms with Gasteiger partial charge < -0.3 is 10.1 Å². The number of nitrogens with one attached hydrogen (secondary N) is 1. The maximum atomic E-state index is 11.2. The standard InChI is InChI=1S/C15H19NO2S/c1-2-18-15(17)8-5-9-16-10-12-11-19-14-7-4-3-6-13(12)14/h3-4,6-7,11,16H,2,5,8-10H2,1H3. The quantitative estimate of drug-likeness (QED) is 0.623. The minimum Gasteiger partial charge on any atom is -0.466 e. The number of hydrogen-bond donors (Lipinski definition) is 1. The van der Waals surface area contributed by atoms with Crippen LogP contribution in [0.15, 0.2) is 29.6 Å². The Kier molecular flexibility index (Phi) is 5.36. The highest BCUT2D eigenvalue weighted by atomic mass is 32.1. The lowest BCUT2D eigenvalue weighted by atomic mass is 10.2. The van der Waals surface area contributed by atoms with Crippen molar-refractivity contribution in [3.63, 3.8) is 0 Å². The number of thiophene rings is 1. The molecule has 0 unspecified atom stereocenters. The highest BCUT2D eigenvalue weighted by molar-refractivity contribution is 7.17. The summed E-state index contributed by atoms with van der Waals surface area (Å²) in [6, 6.07) is 8.43. The van der Waals surface area contributed by atoms with Crippen LogP contribution in [0.3, 0.4) is 0 Å². The number of esters is 1. The van der Waals surface area contributed by atoms with Crippen molar-refractivity contribution in [3.05, 3.63) is 35.2 Å². The molecule has 0 fully saturated rings. The van der Waals surface area contributed by atoms with E-state index in [2.05, 4.69) is 35.0 Å². The molecule has 1 aromatic carbocycles. The Bertz CT molecular complexity index is 536. The molecule has 19 heavy (non-hydrogen) atoms. The van der Waals surface area contributed by atoms with E-state index < -0.39 is 0 Å². The van der Waals surface area contributed by atoms with Crippen LogP contribution in [-0.2, 0) is 16.1 Å². The summed E-state index contributed by atoms with van der Waals surface area (Å²) >= 11 is 1.78. The molecule has 0 aliphatic heterocycles. The van der Waals surface area contributed by atoms with Crippen molar-refractivity contribution in [3.8, 4) is 0 Å². The molecular formula is C15H19NO2S. The van der Waals surface area contributed by atoms with Gasteiger partial charge in [0, 0.05) is 17.7 Å². The van der Waals surface area contributed by atoms with Crippen molar-refractivity contribution in [1.82, 2.24) is 5.32 Å². The number of carbonyl (C=O) groups excluding carboxylic acids is 1. The van der Waals surface area contributed by atoms with Gasteiger partial charge in [-0.3, -0.25) is 4.79 Å². The summed E-state index contributed by atoms with van der Waals surface area (Å²) < 4.78 is 6.21. The predicted molar refractivity (Wildman–Crippen MR) is 79.4 cm³/mol. The molecule has 1 N–H and O–H groups in total.